The van der Waals surface area contributed by atoms with Crippen molar-refractivity contribution in [2.75, 3.05) is 7.11 Å². The van der Waals surface area contributed by atoms with Crippen molar-refractivity contribution >= 4 is 5.71 Å². The van der Waals surface area contributed by atoms with Crippen LogP contribution in [0.15, 0.2) is 11.3 Å². The predicted molar refractivity (Wildman–Crippen MR) is 95.1 cm³/mol. The van der Waals surface area contributed by atoms with Crippen LogP contribution in [0.2, 0.25) is 0 Å². The molecule has 0 amide bonds. The Morgan fingerprint density at radius 2 is 1.96 bits per heavy atom. The fourth-order valence-corrected chi connectivity index (χ4v) is 5.00. The lowest BCUT2D eigenvalue weighted by Gasteiger charge is -2.38. The Hall–Kier alpha value is -1.20. The van der Waals surface area contributed by atoms with Gasteiger partial charge < -0.3 is 10.5 Å². The first-order valence-corrected chi connectivity index (χ1v) is 9.56. The molecule has 3 unspecified atom stereocenters. The van der Waals surface area contributed by atoms with Crippen LogP contribution in [-0.2, 0) is 11.2 Å². The Balaban J connectivity index is 1.70. The summed E-state index contributed by atoms with van der Waals surface area (Å²) in [5.74, 6) is 2.93. The molecule has 132 valence electrons. The van der Waals surface area contributed by atoms with Gasteiger partial charge in [0.05, 0.1) is 18.0 Å². The van der Waals surface area contributed by atoms with Gasteiger partial charge in [-0.2, -0.15) is 5.10 Å². The van der Waals surface area contributed by atoms with E-state index in [1.165, 1.54) is 31.4 Å². The van der Waals surface area contributed by atoms with Crippen LogP contribution in [0.3, 0.4) is 0 Å². The molecule has 2 fully saturated rings. The summed E-state index contributed by atoms with van der Waals surface area (Å²) in [5.41, 5.74) is 8.70. The molecule has 2 N–H and O–H groups in total. The average molecular weight is 330 g/mol. The van der Waals surface area contributed by atoms with Gasteiger partial charge in [-0.3, -0.25) is 0 Å². The standard InChI is InChI=1S/C19H30N4O/c1-12-11-21-18-9-14-5-8-16(24-2)10-17(14)19(22-23(12)18)13-3-6-15(20)7-4-13/h11,13-17H,3-10,20H2,1-2H3. The first-order valence-electron chi connectivity index (χ1n) is 9.56. The minimum Gasteiger partial charge on any atom is -0.381 e. The molecule has 0 bridgehead atoms. The van der Waals surface area contributed by atoms with Crippen molar-refractivity contribution in [2.24, 2.45) is 28.6 Å². The van der Waals surface area contributed by atoms with Gasteiger partial charge in [0.25, 0.3) is 0 Å². The number of methoxy groups -OCH3 is 1. The molecule has 5 nitrogen and oxygen atoms in total. The van der Waals surface area contributed by atoms with Crippen molar-refractivity contribution in [2.45, 2.75) is 70.4 Å². The van der Waals surface area contributed by atoms with Gasteiger partial charge >= 0.3 is 0 Å². The van der Waals surface area contributed by atoms with Crippen molar-refractivity contribution in [3.63, 3.8) is 0 Å². The maximum Gasteiger partial charge on any atom is 0.130 e. The zero-order valence-electron chi connectivity index (χ0n) is 14.9. The largest absolute Gasteiger partial charge is 0.381 e. The highest BCUT2D eigenvalue weighted by molar-refractivity contribution is 5.89. The summed E-state index contributed by atoms with van der Waals surface area (Å²) in [5, 5.41) is 5.17. The van der Waals surface area contributed by atoms with E-state index in [0.717, 1.165) is 37.2 Å². The molecule has 4 rings (SSSR count). The van der Waals surface area contributed by atoms with Crippen LogP contribution in [0.1, 0.15) is 56.5 Å². The van der Waals surface area contributed by atoms with E-state index < -0.39 is 0 Å². The van der Waals surface area contributed by atoms with Gasteiger partial charge in [-0.25, -0.2) is 9.66 Å². The van der Waals surface area contributed by atoms with Gasteiger partial charge in [-0.05, 0) is 63.7 Å². The van der Waals surface area contributed by atoms with Crippen LogP contribution < -0.4 is 5.73 Å². The Morgan fingerprint density at radius 1 is 1.17 bits per heavy atom. The van der Waals surface area contributed by atoms with E-state index in [4.69, 9.17) is 15.6 Å². The van der Waals surface area contributed by atoms with E-state index in [2.05, 4.69) is 16.6 Å². The lowest BCUT2D eigenvalue weighted by Crippen LogP contribution is -2.39. The van der Waals surface area contributed by atoms with Gasteiger partial charge in [0.15, 0.2) is 0 Å². The number of rotatable bonds is 2. The topological polar surface area (TPSA) is 65.4 Å². The second-order valence-corrected chi connectivity index (χ2v) is 8.01. The fourth-order valence-electron chi connectivity index (χ4n) is 5.00. The Kier molecular flexibility index (Phi) is 4.48. The summed E-state index contributed by atoms with van der Waals surface area (Å²) >= 11 is 0. The molecule has 0 spiro atoms. The molecular formula is C19H30N4O. The second-order valence-electron chi connectivity index (χ2n) is 8.01. The maximum atomic E-state index is 6.14. The molecule has 2 heterocycles. The zero-order valence-corrected chi connectivity index (χ0v) is 14.9. The highest BCUT2D eigenvalue weighted by Crippen LogP contribution is 2.40. The molecule has 0 saturated heterocycles. The van der Waals surface area contributed by atoms with Crippen LogP contribution in [0.4, 0.5) is 0 Å². The van der Waals surface area contributed by atoms with E-state index in [9.17, 15) is 0 Å². The molecule has 1 aliphatic heterocycles. The summed E-state index contributed by atoms with van der Waals surface area (Å²) < 4.78 is 7.83. The molecule has 5 heteroatoms. The molecule has 2 saturated carbocycles. The van der Waals surface area contributed by atoms with Crippen LogP contribution in [0.25, 0.3) is 0 Å². The number of hydrogen-bond acceptors (Lipinski definition) is 4. The summed E-state index contributed by atoms with van der Waals surface area (Å²) in [4.78, 5) is 4.64. The third kappa shape index (κ3) is 2.93. The smallest absolute Gasteiger partial charge is 0.130 e. The molecule has 0 aromatic carbocycles. The SMILES string of the molecule is COC1CCC2Cc3ncc(C)n3N=C(C3CCC(N)CC3)C2C1. The molecule has 0 radical (unpaired) electrons. The maximum absolute atomic E-state index is 6.14. The van der Waals surface area contributed by atoms with Gasteiger partial charge in [0.2, 0.25) is 0 Å². The van der Waals surface area contributed by atoms with Crippen molar-refractivity contribution in [1.82, 2.24) is 9.66 Å². The van der Waals surface area contributed by atoms with Crippen LogP contribution in [0, 0.1) is 24.7 Å². The van der Waals surface area contributed by atoms with Crippen LogP contribution in [0.5, 0.6) is 0 Å². The quantitative estimate of drug-likeness (QED) is 0.907. The third-order valence-electron chi connectivity index (χ3n) is 6.49. The molecule has 3 aliphatic rings. The summed E-state index contributed by atoms with van der Waals surface area (Å²) in [6.45, 7) is 2.11. The van der Waals surface area contributed by atoms with E-state index in [1.807, 2.05) is 13.3 Å². The third-order valence-corrected chi connectivity index (χ3v) is 6.49. The molecule has 1 aromatic rings. The van der Waals surface area contributed by atoms with Crippen molar-refractivity contribution in [3.8, 4) is 0 Å². The Labute approximate surface area is 144 Å². The fraction of sp³-hybridized carbons (Fsp3) is 0.789. The molecular weight excluding hydrogens is 300 g/mol. The summed E-state index contributed by atoms with van der Waals surface area (Å²) in [6.07, 6.45) is 11.5. The number of hydrogen-bond donors (Lipinski definition) is 1. The van der Waals surface area contributed by atoms with Gasteiger partial charge in [0.1, 0.15) is 5.82 Å². The van der Waals surface area contributed by atoms with Crippen molar-refractivity contribution in [3.05, 3.63) is 17.7 Å². The monoisotopic (exact) mass is 330 g/mol. The average Bonchev–Trinajstić information content (AvgIpc) is 2.85. The van der Waals surface area contributed by atoms with Gasteiger partial charge in [-0.1, -0.05) is 0 Å². The second kappa shape index (κ2) is 6.60. The normalized spacial score (nSPS) is 36.5. The molecule has 2 aliphatic carbocycles. The Bertz CT molecular complexity index is 615. The number of nitrogens with zero attached hydrogens (tertiary/aromatic N) is 3. The number of ether oxygens (including phenoxy) is 1. The molecule has 3 atom stereocenters. The number of aromatic nitrogens is 2. The van der Waals surface area contributed by atoms with Crippen LogP contribution >= 0.6 is 0 Å². The van der Waals surface area contributed by atoms with Crippen molar-refractivity contribution < 1.29 is 4.74 Å². The zero-order chi connectivity index (χ0) is 16.7. The van der Waals surface area contributed by atoms with Crippen LogP contribution in [-0.4, -0.2) is 34.6 Å². The predicted octanol–water partition coefficient (Wildman–Crippen LogP) is 2.90. The molecule has 24 heavy (non-hydrogen) atoms. The lowest BCUT2D eigenvalue weighted by atomic mass is 9.69. The number of fused-ring (bicyclic) bond motifs is 2. The highest BCUT2D eigenvalue weighted by atomic mass is 16.5. The number of imidazole rings is 1. The van der Waals surface area contributed by atoms with E-state index in [1.54, 1.807) is 0 Å². The summed E-state index contributed by atoms with van der Waals surface area (Å²) in [7, 11) is 1.85. The highest BCUT2D eigenvalue weighted by Gasteiger charge is 2.40. The summed E-state index contributed by atoms with van der Waals surface area (Å²) in [6, 6.07) is 0.382. The number of nitrogens with two attached hydrogens (primary N) is 1. The Morgan fingerprint density at radius 3 is 2.71 bits per heavy atom. The van der Waals surface area contributed by atoms with Crippen molar-refractivity contribution in [1.29, 1.82) is 0 Å². The minimum atomic E-state index is 0.382. The number of aryl methyl sites for hydroxylation is 1. The first kappa shape index (κ1) is 16.3. The van der Waals surface area contributed by atoms with Gasteiger partial charge in [0, 0.05) is 31.2 Å². The van der Waals surface area contributed by atoms with E-state index in [-0.39, 0.29) is 0 Å². The lowest BCUT2D eigenvalue weighted by molar-refractivity contribution is 0.0428. The van der Waals surface area contributed by atoms with Gasteiger partial charge in [-0.15, -0.1) is 0 Å². The first-order chi connectivity index (χ1) is 11.7. The molecule has 1 aromatic heterocycles. The van der Waals surface area contributed by atoms with E-state index >= 15 is 0 Å². The van der Waals surface area contributed by atoms with E-state index in [0.29, 0.717) is 29.9 Å². The minimum absolute atomic E-state index is 0.382.